The van der Waals surface area contributed by atoms with Gasteiger partial charge < -0.3 is 5.11 Å². The van der Waals surface area contributed by atoms with Crippen molar-refractivity contribution < 1.29 is 5.11 Å². The lowest BCUT2D eigenvalue weighted by Gasteiger charge is -2.33. The van der Waals surface area contributed by atoms with Crippen LogP contribution in [0.5, 0.6) is 0 Å². The molecule has 42 valence electrons. The summed E-state index contributed by atoms with van der Waals surface area (Å²) >= 11 is 4.00. The Hall–Kier alpha value is 0.270. The van der Waals surface area contributed by atoms with E-state index in [1.807, 2.05) is 0 Å². The van der Waals surface area contributed by atoms with Crippen LogP contribution in [0.1, 0.15) is 0 Å². The zero-order valence-electron chi connectivity index (χ0n) is 4.04. The third-order valence-electron chi connectivity index (χ3n) is 1.14. The molecule has 0 radical (unpaired) electrons. The lowest BCUT2D eigenvalue weighted by molar-refractivity contribution is 0.0156. The van der Waals surface area contributed by atoms with Gasteiger partial charge in [-0.15, -0.1) is 0 Å². The van der Waals surface area contributed by atoms with E-state index >= 15 is 0 Å². The molecule has 0 aromatic rings. The lowest BCUT2D eigenvalue weighted by atomic mass is 10.2. The lowest BCUT2D eigenvalue weighted by Crippen LogP contribution is -2.49. The zero-order valence-corrected chi connectivity index (χ0v) is 4.93. The second-order valence-corrected chi connectivity index (χ2v) is 2.11. The summed E-state index contributed by atoms with van der Waals surface area (Å²) in [7, 11) is 0. The molecule has 0 saturated carbocycles. The first-order valence-electron chi connectivity index (χ1n) is 2.34. The van der Waals surface area contributed by atoms with Crippen LogP contribution in [0.15, 0.2) is 0 Å². The average molecular weight is 119 g/mol. The molecule has 1 aliphatic rings. The van der Waals surface area contributed by atoms with E-state index in [0.29, 0.717) is 0 Å². The molecular weight excluding hydrogens is 110 g/mol. The van der Waals surface area contributed by atoms with Gasteiger partial charge >= 0.3 is 0 Å². The van der Waals surface area contributed by atoms with Crippen molar-refractivity contribution in [3.63, 3.8) is 0 Å². The van der Waals surface area contributed by atoms with Crippen molar-refractivity contribution in [3.8, 4) is 0 Å². The Balaban J connectivity index is 2.06. The summed E-state index contributed by atoms with van der Waals surface area (Å²) in [5.74, 6) is 0.775. The van der Waals surface area contributed by atoms with Gasteiger partial charge in [-0.05, 0) is 0 Å². The van der Waals surface area contributed by atoms with Gasteiger partial charge in [0.2, 0.25) is 0 Å². The summed E-state index contributed by atoms with van der Waals surface area (Å²) < 4.78 is 0. The van der Waals surface area contributed by atoms with Crippen molar-refractivity contribution >= 4 is 12.6 Å². The van der Waals surface area contributed by atoms with E-state index in [0.717, 1.165) is 19.0 Å². The minimum atomic E-state index is -0.0767. The van der Waals surface area contributed by atoms with Crippen LogP contribution in [-0.4, -0.2) is 35.1 Å². The van der Waals surface area contributed by atoms with Gasteiger partial charge in [0, 0.05) is 19.0 Å². The summed E-state index contributed by atoms with van der Waals surface area (Å²) in [6.45, 7) is 1.62. The topological polar surface area (TPSA) is 23.5 Å². The predicted octanol–water partition coefficient (Wildman–Crippen LogP) is -0.450. The number of hydrogen-bond donors (Lipinski definition) is 2. The van der Waals surface area contributed by atoms with Crippen molar-refractivity contribution in [3.05, 3.63) is 0 Å². The van der Waals surface area contributed by atoms with E-state index in [-0.39, 0.29) is 6.10 Å². The summed E-state index contributed by atoms with van der Waals surface area (Å²) in [5.41, 5.74) is 0. The molecule has 1 N–H and O–H groups in total. The Morgan fingerprint density at radius 2 is 2.29 bits per heavy atom. The third kappa shape index (κ3) is 1.08. The number of nitrogens with zero attached hydrogens (tertiary/aromatic N) is 1. The van der Waals surface area contributed by atoms with Crippen LogP contribution in [-0.2, 0) is 0 Å². The Labute approximate surface area is 48.5 Å². The number of hydrogen-bond acceptors (Lipinski definition) is 3. The Morgan fingerprint density at radius 3 is 2.43 bits per heavy atom. The number of thiol groups is 1. The minimum Gasteiger partial charge on any atom is -0.390 e. The van der Waals surface area contributed by atoms with E-state index in [2.05, 4.69) is 17.5 Å². The first-order chi connectivity index (χ1) is 3.33. The van der Waals surface area contributed by atoms with Gasteiger partial charge in [0.05, 0.1) is 6.10 Å². The SMILES string of the molecule is OC1CN(CS)C1. The quantitative estimate of drug-likeness (QED) is 0.457. The van der Waals surface area contributed by atoms with E-state index in [1.54, 1.807) is 0 Å². The molecule has 0 atom stereocenters. The van der Waals surface area contributed by atoms with Gasteiger partial charge in [-0.1, -0.05) is 0 Å². The maximum absolute atomic E-state index is 8.67. The molecule has 2 nitrogen and oxygen atoms in total. The van der Waals surface area contributed by atoms with Gasteiger partial charge in [0.25, 0.3) is 0 Å². The summed E-state index contributed by atoms with van der Waals surface area (Å²) in [6, 6.07) is 0. The smallest absolute Gasteiger partial charge is 0.0794 e. The predicted molar refractivity (Wildman–Crippen MR) is 31.4 cm³/mol. The fourth-order valence-electron chi connectivity index (χ4n) is 0.658. The zero-order chi connectivity index (χ0) is 5.28. The van der Waals surface area contributed by atoms with Crippen molar-refractivity contribution in [2.24, 2.45) is 0 Å². The van der Waals surface area contributed by atoms with Crippen LogP contribution in [0, 0.1) is 0 Å². The van der Waals surface area contributed by atoms with Gasteiger partial charge in [-0.25, -0.2) is 0 Å². The van der Waals surface area contributed by atoms with Gasteiger partial charge in [-0.2, -0.15) is 12.6 Å². The molecule has 0 amide bonds. The largest absolute Gasteiger partial charge is 0.390 e. The van der Waals surface area contributed by atoms with Crippen molar-refractivity contribution in [1.82, 2.24) is 4.90 Å². The van der Waals surface area contributed by atoms with E-state index in [1.165, 1.54) is 0 Å². The Bertz CT molecular complexity index is 62.7. The molecular formula is C4H9NOS. The van der Waals surface area contributed by atoms with Crippen molar-refractivity contribution in [1.29, 1.82) is 0 Å². The highest BCUT2D eigenvalue weighted by Crippen LogP contribution is 2.05. The molecule has 1 heterocycles. The van der Waals surface area contributed by atoms with Gasteiger partial charge in [-0.3, -0.25) is 4.90 Å². The molecule has 1 fully saturated rings. The number of likely N-dealkylation sites (tertiary alicyclic amines) is 1. The minimum absolute atomic E-state index is 0.0767. The van der Waals surface area contributed by atoms with Crippen molar-refractivity contribution in [2.45, 2.75) is 6.10 Å². The molecule has 0 aromatic carbocycles. The molecule has 0 aromatic heterocycles. The monoisotopic (exact) mass is 119 g/mol. The molecule has 7 heavy (non-hydrogen) atoms. The normalized spacial score (nSPS) is 24.9. The summed E-state index contributed by atoms with van der Waals surface area (Å²) in [6.07, 6.45) is -0.0767. The highest BCUT2D eigenvalue weighted by Gasteiger charge is 2.21. The maximum atomic E-state index is 8.67. The van der Waals surface area contributed by atoms with E-state index < -0.39 is 0 Å². The number of aliphatic hydroxyl groups is 1. The highest BCUT2D eigenvalue weighted by molar-refractivity contribution is 7.80. The van der Waals surface area contributed by atoms with Crippen LogP contribution < -0.4 is 0 Å². The first-order valence-corrected chi connectivity index (χ1v) is 2.97. The second kappa shape index (κ2) is 2.03. The summed E-state index contributed by atoms with van der Waals surface area (Å²) in [4.78, 5) is 2.06. The van der Waals surface area contributed by atoms with E-state index in [4.69, 9.17) is 5.11 Å². The highest BCUT2D eigenvalue weighted by atomic mass is 32.1. The van der Waals surface area contributed by atoms with Crippen LogP contribution >= 0.6 is 12.6 Å². The van der Waals surface area contributed by atoms with Gasteiger partial charge in [0.15, 0.2) is 0 Å². The fourth-order valence-corrected chi connectivity index (χ4v) is 0.889. The first kappa shape index (κ1) is 5.41. The molecule has 3 heteroatoms. The molecule has 1 rings (SSSR count). The standard InChI is InChI=1S/C4H9NOS/c6-4-1-5(2-4)3-7/h4,6-7H,1-3H2. The Kier molecular flexibility index (Phi) is 1.57. The molecule has 0 unspecified atom stereocenters. The third-order valence-corrected chi connectivity index (χ3v) is 1.54. The second-order valence-electron chi connectivity index (χ2n) is 1.83. The maximum Gasteiger partial charge on any atom is 0.0794 e. The molecule has 0 aliphatic carbocycles. The van der Waals surface area contributed by atoms with Crippen LogP contribution in [0.2, 0.25) is 0 Å². The number of β-amino-alcohol motifs (C(OH)–C–C–N with tert-alkyl or cyclic N) is 1. The van der Waals surface area contributed by atoms with Crippen LogP contribution in [0.3, 0.4) is 0 Å². The average Bonchev–Trinajstić information content (AvgIpc) is 1.58. The molecule has 1 aliphatic heterocycles. The van der Waals surface area contributed by atoms with E-state index in [9.17, 15) is 0 Å². The fraction of sp³-hybridized carbons (Fsp3) is 1.00. The molecule has 0 spiro atoms. The summed E-state index contributed by atoms with van der Waals surface area (Å²) in [5, 5.41) is 8.67. The van der Waals surface area contributed by atoms with Crippen molar-refractivity contribution in [2.75, 3.05) is 19.0 Å². The molecule has 1 saturated heterocycles. The van der Waals surface area contributed by atoms with Gasteiger partial charge in [0.1, 0.15) is 0 Å². The van der Waals surface area contributed by atoms with Crippen LogP contribution in [0.25, 0.3) is 0 Å². The number of aliphatic hydroxyl groups excluding tert-OH is 1. The number of rotatable bonds is 1. The molecule has 0 bridgehead atoms. The Morgan fingerprint density at radius 1 is 1.71 bits per heavy atom. The van der Waals surface area contributed by atoms with Crippen LogP contribution in [0.4, 0.5) is 0 Å².